The fraction of sp³-hybridized carbons (Fsp3) is 0.429. The monoisotopic (exact) mass is 333 g/mol. The summed E-state index contributed by atoms with van der Waals surface area (Å²) >= 11 is 1.61. The Balaban J connectivity index is 0.000000640. The van der Waals surface area contributed by atoms with Crippen LogP contribution in [-0.2, 0) is 0 Å². The van der Waals surface area contributed by atoms with Crippen LogP contribution >= 0.6 is 0 Å². The van der Waals surface area contributed by atoms with Crippen molar-refractivity contribution in [2.24, 2.45) is 0 Å². The van der Waals surface area contributed by atoms with Crippen molar-refractivity contribution in [3.8, 4) is 0 Å². The van der Waals surface area contributed by atoms with Crippen molar-refractivity contribution in [2.75, 3.05) is 0 Å². The van der Waals surface area contributed by atoms with Crippen molar-refractivity contribution >= 4 is 46.4 Å². The third-order valence-corrected chi connectivity index (χ3v) is 3.44. The molecule has 0 aromatic heterocycles. The van der Waals surface area contributed by atoms with Crippen molar-refractivity contribution in [3.05, 3.63) is 24.3 Å². The zero-order valence-corrected chi connectivity index (χ0v) is 11.2. The van der Waals surface area contributed by atoms with Gasteiger partial charge >= 0.3 is 63.6 Å². The summed E-state index contributed by atoms with van der Waals surface area (Å²) in [4.78, 5) is 0. The summed E-state index contributed by atoms with van der Waals surface area (Å²) in [5.41, 5.74) is 0. The standard InChI is InChI=1S/C7H9.2Sn/c1-2-7-5-3-4-6-7;;/h3-6H,2H2,1H3;;. The van der Waals surface area contributed by atoms with Crippen LogP contribution < -0.4 is 0 Å². The van der Waals surface area contributed by atoms with Gasteiger partial charge < -0.3 is 0 Å². The Morgan fingerprint density at radius 1 is 1.33 bits per heavy atom. The minimum atomic E-state index is 0. The van der Waals surface area contributed by atoms with E-state index in [2.05, 4.69) is 31.2 Å². The minimum Gasteiger partial charge on any atom is 0 e. The molecule has 0 N–H and O–H groups in total. The molecule has 7 radical (unpaired) electrons. The van der Waals surface area contributed by atoms with Gasteiger partial charge in [0.25, 0.3) is 0 Å². The number of allylic oxidation sites excluding steroid dienone is 4. The van der Waals surface area contributed by atoms with Gasteiger partial charge in [-0.15, -0.1) is 0 Å². The molecule has 0 aromatic rings. The molecule has 0 fully saturated rings. The van der Waals surface area contributed by atoms with Gasteiger partial charge in [0.05, 0.1) is 0 Å². The van der Waals surface area contributed by atoms with Gasteiger partial charge in [-0.2, -0.15) is 0 Å². The molecular weight excluding hydrogens is 321 g/mol. The summed E-state index contributed by atoms with van der Waals surface area (Å²) in [5, 5.41) is 0. The van der Waals surface area contributed by atoms with Crippen molar-refractivity contribution < 1.29 is 0 Å². The molecule has 45 valence electrons. The van der Waals surface area contributed by atoms with Crippen LogP contribution in [0.25, 0.3) is 0 Å². The number of hydrogen-bond donors (Lipinski definition) is 0. The zero-order valence-electron chi connectivity index (χ0n) is 5.52. The molecule has 0 saturated carbocycles. The maximum Gasteiger partial charge on any atom is 0 e. The van der Waals surface area contributed by atoms with Crippen LogP contribution in [0.15, 0.2) is 24.3 Å². The summed E-state index contributed by atoms with van der Waals surface area (Å²) in [6.45, 7) is 2.23. The second kappa shape index (κ2) is 4.06. The van der Waals surface area contributed by atoms with Gasteiger partial charge in [-0.25, -0.2) is 0 Å². The molecule has 0 nitrogen and oxygen atoms in total. The first kappa shape index (κ1) is 10.1. The Kier molecular flexibility index (Phi) is 4.55. The molecule has 2 heteroatoms. The topological polar surface area (TPSA) is 0 Å². The van der Waals surface area contributed by atoms with E-state index in [0.29, 0.717) is 3.43 Å². The molecule has 0 saturated heterocycles. The third-order valence-electron chi connectivity index (χ3n) is 1.48. The molecule has 0 bridgehead atoms. The van der Waals surface area contributed by atoms with Crippen molar-refractivity contribution in [1.82, 2.24) is 0 Å². The van der Waals surface area contributed by atoms with Crippen molar-refractivity contribution in [2.45, 2.75) is 16.8 Å². The maximum absolute atomic E-state index is 2.28. The Morgan fingerprint density at radius 3 is 2.00 bits per heavy atom. The van der Waals surface area contributed by atoms with Gasteiger partial charge in [0.2, 0.25) is 0 Å². The fourth-order valence-electron chi connectivity index (χ4n) is 0.746. The molecule has 0 aliphatic heterocycles. The Hall–Kier alpha value is 1.08. The van der Waals surface area contributed by atoms with Gasteiger partial charge in [0.1, 0.15) is 0 Å². The Morgan fingerprint density at radius 2 is 1.78 bits per heavy atom. The Bertz CT molecular complexity index is 124. The average molecular weight is 331 g/mol. The van der Waals surface area contributed by atoms with E-state index in [-0.39, 0.29) is 23.9 Å². The molecule has 0 aromatic carbocycles. The molecule has 0 unspecified atom stereocenters. The van der Waals surface area contributed by atoms with E-state index in [1.54, 1.807) is 22.5 Å². The van der Waals surface area contributed by atoms with Crippen LogP contribution in [-0.4, -0.2) is 46.4 Å². The van der Waals surface area contributed by atoms with E-state index in [0.717, 1.165) is 0 Å². The van der Waals surface area contributed by atoms with Crippen molar-refractivity contribution in [3.63, 3.8) is 0 Å². The van der Waals surface area contributed by atoms with Gasteiger partial charge in [0, 0.05) is 23.9 Å². The predicted octanol–water partition coefficient (Wildman–Crippen LogP) is 1.47. The molecule has 9 heavy (non-hydrogen) atoms. The zero-order chi connectivity index (χ0) is 6.04. The smallest absolute Gasteiger partial charge is 0 e. The van der Waals surface area contributed by atoms with Crippen molar-refractivity contribution in [1.29, 1.82) is 0 Å². The summed E-state index contributed by atoms with van der Waals surface area (Å²) in [7, 11) is 0. The van der Waals surface area contributed by atoms with E-state index >= 15 is 0 Å². The molecule has 0 heterocycles. The van der Waals surface area contributed by atoms with Crippen LogP contribution in [0.2, 0.25) is 3.43 Å². The fourth-order valence-corrected chi connectivity index (χ4v) is 1.30. The summed E-state index contributed by atoms with van der Waals surface area (Å²) in [6, 6.07) is 0. The second-order valence-corrected chi connectivity index (χ2v) is 4.77. The Labute approximate surface area is 86.8 Å². The first-order valence-corrected chi connectivity index (χ1v) is 4.32. The van der Waals surface area contributed by atoms with Crippen LogP contribution in [0, 0.1) is 0 Å². The predicted molar refractivity (Wildman–Crippen MR) is 42.8 cm³/mol. The summed E-state index contributed by atoms with van der Waals surface area (Å²) in [6.07, 6.45) is 10.1. The van der Waals surface area contributed by atoms with Crippen LogP contribution in [0.4, 0.5) is 0 Å². The first-order valence-electron chi connectivity index (χ1n) is 2.89. The largest absolute Gasteiger partial charge is 0 e. The molecule has 1 rings (SSSR count). The molecule has 0 amide bonds. The normalized spacial score (nSPS) is 19.8. The third kappa shape index (κ3) is 2.66. The van der Waals surface area contributed by atoms with Crippen LogP contribution in [0.1, 0.15) is 13.3 Å². The van der Waals surface area contributed by atoms with E-state index in [4.69, 9.17) is 0 Å². The van der Waals surface area contributed by atoms with Gasteiger partial charge in [0.15, 0.2) is 0 Å². The van der Waals surface area contributed by atoms with E-state index in [9.17, 15) is 0 Å². The molecule has 0 spiro atoms. The van der Waals surface area contributed by atoms with E-state index < -0.39 is 0 Å². The van der Waals surface area contributed by atoms with Gasteiger partial charge in [-0.1, -0.05) is 0 Å². The number of rotatable bonds is 1. The SMILES string of the molecule is CC[C]1([Sn])C=CC=C1.[Sn]. The van der Waals surface area contributed by atoms with Gasteiger partial charge in [-0.05, 0) is 0 Å². The maximum atomic E-state index is 2.28. The second-order valence-electron chi connectivity index (χ2n) is 2.11. The summed E-state index contributed by atoms with van der Waals surface area (Å²) < 4.78 is 0.465. The van der Waals surface area contributed by atoms with E-state index in [1.165, 1.54) is 6.42 Å². The summed E-state index contributed by atoms with van der Waals surface area (Å²) in [5.74, 6) is 0. The molecular formula is C7H9Sn2. The minimum absolute atomic E-state index is 0. The average Bonchev–Trinajstić information content (AvgIpc) is 2.17. The van der Waals surface area contributed by atoms with Crippen LogP contribution in [0.3, 0.4) is 0 Å². The van der Waals surface area contributed by atoms with Gasteiger partial charge in [-0.3, -0.25) is 0 Å². The van der Waals surface area contributed by atoms with Crippen LogP contribution in [0.5, 0.6) is 0 Å². The van der Waals surface area contributed by atoms with E-state index in [1.807, 2.05) is 0 Å². The quantitative estimate of drug-likeness (QED) is 0.639. The molecule has 1 aliphatic rings. The molecule has 1 aliphatic carbocycles. The number of hydrogen-bond acceptors (Lipinski definition) is 0. The first-order chi connectivity index (χ1) is 3.77. The molecule has 0 atom stereocenters.